The van der Waals surface area contributed by atoms with Gasteiger partial charge >= 0.3 is 5.97 Å². The van der Waals surface area contributed by atoms with Crippen LogP contribution in [0.1, 0.15) is 44.1 Å². The molecular weight excluding hydrogens is 302 g/mol. The van der Waals surface area contributed by atoms with Gasteiger partial charge in [-0.2, -0.15) is 0 Å². The van der Waals surface area contributed by atoms with Crippen LogP contribution in [0.5, 0.6) is 0 Å². The number of hydrogen-bond acceptors (Lipinski definition) is 2. The molecule has 1 unspecified atom stereocenters. The third-order valence-corrected chi connectivity index (χ3v) is 5.62. The number of carboxylic acid groups (broad SMARTS) is 1. The number of carboxylic acids is 1. The van der Waals surface area contributed by atoms with Crippen LogP contribution in [0.15, 0.2) is 30.3 Å². The Morgan fingerprint density at radius 1 is 1.04 bits per heavy atom. The Balaban J connectivity index is 1.59. The van der Waals surface area contributed by atoms with Gasteiger partial charge in [0.1, 0.15) is 0 Å². The van der Waals surface area contributed by atoms with Crippen LogP contribution in [-0.2, 0) is 16.0 Å². The summed E-state index contributed by atoms with van der Waals surface area (Å²) in [6, 6.07) is 9.88. The topological polar surface area (TPSA) is 57.6 Å². The summed E-state index contributed by atoms with van der Waals surface area (Å²) in [5, 5.41) is 9.18. The van der Waals surface area contributed by atoms with Crippen molar-refractivity contribution in [3.8, 4) is 0 Å². The van der Waals surface area contributed by atoms with Gasteiger partial charge in [-0.05, 0) is 42.6 Å². The Kier molecular flexibility index (Phi) is 5.54. The monoisotopic (exact) mass is 329 g/mol. The molecule has 24 heavy (non-hydrogen) atoms. The van der Waals surface area contributed by atoms with Crippen LogP contribution in [0.25, 0.3) is 0 Å². The maximum absolute atomic E-state index is 12.7. The molecule has 1 N–H and O–H groups in total. The van der Waals surface area contributed by atoms with E-state index in [1.54, 1.807) is 0 Å². The molecule has 0 aromatic heterocycles. The van der Waals surface area contributed by atoms with Gasteiger partial charge in [-0.15, -0.1) is 0 Å². The first kappa shape index (κ1) is 17.0. The summed E-state index contributed by atoms with van der Waals surface area (Å²) in [4.78, 5) is 25.9. The number of rotatable bonds is 6. The van der Waals surface area contributed by atoms with Crippen LogP contribution in [0.4, 0.5) is 0 Å². The van der Waals surface area contributed by atoms with Gasteiger partial charge in [0.15, 0.2) is 0 Å². The first-order chi connectivity index (χ1) is 11.6. The Morgan fingerprint density at radius 3 is 2.25 bits per heavy atom. The second kappa shape index (κ2) is 7.82. The van der Waals surface area contributed by atoms with Crippen LogP contribution >= 0.6 is 0 Å². The molecule has 4 heteroatoms. The highest BCUT2D eigenvalue weighted by Gasteiger charge is 2.36. The van der Waals surface area contributed by atoms with E-state index in [1.807, 2.05) is 35.2 Å². The first-order valence-corrected chi connectivity index (χ1v) is 9.15. The van der Waals surface area contributed by atoms with Gasteiger partial charge in [0, 0.05) is 25.9 Å². The summed E-state index contributed by atoms with van der Waals surface area (Å²) in [6.07, 6.45) is 6.13. The van der Waals surface area contributed by atoms with E-state index in [1.165, 1.54) is 25.7 Å². The maximum Gasteiger partial charge on any atom is 0.303 e. The summed E-state index contributed by atoms with van der Waals surface area (Å²) in [5.41, 5.74) is 1.10. The largest absolute Gasteiger partial charge is 0.481 e. The van der Waals surface area contributed by atoms with Crippen molar-refractivity contribution in [2.45, 2.75) is 44.9 Å². The lowest BCUT2D eigenvalue weighted by Crippen LogP contribution is -2.31. The number of aliphatic carboxylic acids is 1. The number of fused-ring (bicyclic) bond motifs is 1. The molecule has 2 aliphatic rings. The van der Waals surface area contributed by atoms with Gasteiger partial charge in [0.05, 0.1) is 0 Å². The Hall–Kier alpha value is -1.84. The zero-order valence-electron chi connectivity index (χ0n) is 14.2. The number of likely N-dealkylation sites (tertiary alicyclic amines) is 1. The van der Waals surface area contributed by atoms with Crippen molar-refractivity contribution in [3.05, 3.63) is 35.9 Å². The highest BCUT2D eigenvalue weighted by Crippen LogP contribution is 2.36. The molecular formula is C20H27NO3. The van der Waals surface area contributed by atoms with E-state index in [9.17, 15) is 14.7 Å². The molecule has 1 aromatic rings. The lowest BCUT2D eigenvalue weighted by Gasteiger charge is -2.22. The fourth-order valence-corrected chi connectivity index (χ4v) is 4.40. The molecule has 1 amide bonds. The number of carbonyl (C=O) groups is 2. The SMILES string of the molecule is O=C(O)CC(CC(=O)N1C[C@H]2CCCC[C@H]2C1)Cc1ccccc1. The Morgan fingerprint density at radius 2 is 1.67 bits per heavy atom. The highest BCUT2D eigenvalue weighted by atomic mass is 16.4. The molecule has 1 saturated carbocycles. The fourth-order valence-electron chi connectivity index (χ4n) is 4.40. The predicted molar refractivity (Wildman–Crippen MR) is 92.5 cm³/mol. The molecule has 3 atom stereocenters. The zero-order valence-corrected chi connectivity index (χ0v) is 14.2. The highest BCUT2D eigenvalue weighted by molar-refractivity contribution is 5.78. The average Bonchev–Trinajstić information content (AvgIpc) is 2.99. The number of carbonyl (C=O) groups excluding carboxylic acids is 1. The molecule has 0 spiro atoms. The predicted octanol–water partition coefficient (Wildman–Crippen LogP) is 3.36. The van der Waals surface area contributed by atoms with Crippen molar-refractivity contribution in [2.75, 3.05) is 13.1 Å². The molecule has 0 bridgehead atoms. The van der Waals surface area contributed by atoms with Crippen molar-refractivity contribution in [2.24, 2.45) is 17.8 Å². The molecule has 1 heterocycles. The molecule has 130 valence electrons. The number of hydrogen-bond donors (Lipinski definition) is 1. The lowest BCUT2D eigenvalue weighted by molar-refractivity contribution is -0.138. The van der Waals surface area contributed by atoms with E-state index in [4.69, 9.17) is 0 Å². The van der Waals surface area contributed by atoms with Gasteiger partial charge in [-0.3, -0.25) is 9.59 Å². The standard InChI is InChI=1S/C20H27NO3/c22-19(21-13-17-8-4-5-9-18(17)14-21)11-16(12-20(23)24)10-15-6-2-1-3-7-15/h1-3,6-7,16-18H,4-5,8-14H2,(H,23,24)/t16?,17-,18+. The minimum Gasteiger partial charge on any atom is -0.481 e. The molecule has 2 fully saturated rings. The molecule has 0 radical (unpaired) electrons. The normalized spacial score (nSPS) is 24.4. The molecule has 3 rings (SSSR count). The van der Waals surface area contributed by atoms with Crippen LogP contribution in [0.2, 0.25) is 0 Å². The van der Waals surface area contributed by atoms with Crippen LogP contribution < -0.4 is 0 Å². The minimum atomic E-state index is -0.821. The van der Waals surface area contributed by atoms with Gasteiger partial charge in [0.2, 0.25) is 5.91 Å². The van der Waals surface area contributed by atoms with Gasteiger partial charge in [-0.25, -0.2) is 0 Å². The molecule has 1 saturated heterocycles. The third-order valence-electron chi connectivity index (χ3n) is 5.62. The molecule has 1 aromatic carbocycles. The number of benzene rings is 1. The summed E-state index contributed by atoms with van der Waals surface area (Å²) in [7, 11) is 0. The summed E-state index contributed by atoms with van der Waals surface area (Å²) >= 11 is 0. The fraction of sp³-hybridized carbons (Fsp3) is 0.600. The number of nitrogens with zero attached hydrogens (tertiary/aromatic N) is 1. The second-order valence-electron chi connectivity index (χ2n) is 7.46. The Bertz CT molecular complexity index is 558. The van der Waals surface area contributed by atoms with Gasteiger partial charge < -0.3 is 10.0 Å². The second-order valence-corrected chi connectivity index (χ2v) is 7.46. The zero-order chi connectivity index (χ0) is 16.9. The first-order valence-electron chi connectivity index (χ1n) is 9.15. The number of amides is 1. The quantitative estimate of drug-likeness (QED) is 0.870. The van der Waals surface area contributed by atoms with Crippen molar-refractivity contribution in [1.82, 2.24) is 4.90 Å². The average molecular weight is 329 g/mol. The van der Waals surface area contributed by atoms with Crippen molar-refractivity contribution < 1.29 is 14.7 Å². The molecule has 4 nitrogen and oxygen atoms in total. The van der Waals surface area contributed by atoms with E-state index in [-0.39, 0.29) is 18.2 Å². The Labute approximate surface area is 143 Å². The van der Waals surface area contributed by atoms with E-state index in [2.05, 4.69) is 0 Å². The molecule has 1 aliphatic heterocycles. The van der Waals surface area contributed by atoms with Crippen molar-refractivity contribution in [3.63, 3.8) is 0 Å². The van der Waals surface area contributed by atoms with E-state index >= 15 is 0 Å². The van der Waals surface area contributed by atoms with Crippen molar-refractivity contribution >= 4 is 11.9 Å². The maximum atomic E-state index is 12.7. The minimum absolute atomic E-state index is 0.0569. The lowest BCUT2D eigenvalue weighted by atomic mass is 9.82. The third kappa shape index (κ3) is 4.37. The smallest absolute Gasteiger partial charge is 0.303 e. The summed E-state index contributed by atoms with van der Waals surface area (Å²) in [5.74, 6) is 0.551. The summed E-state index contributed by atoms with van der Waals surface area (Å²) in [6.45, 7) is 1.77. The van der Waals surface area contributed by atoms with Crippen LogP contribution in [0, 0.1) is 17.8 Å². The van der Waals surface area contributed by atoms with E-state index in [0.717, 1.165) is 18.7 Å². The van der Waals surface area contributed by atoms with E-state index < -0.39 is 5.97 Å². The van der Waals surface area contributed by atoms with Gasteiger partial charge in [-0.1, -0.05) is 43.2 Å². The summed E-state index contributed by atoms with van der Waals surface area (Å²) < 4.78 is 0. The van der Waals surface area contributed by atoms with Crippen LogP contribution in [0.3, 0.4) is 0 Å². The van der Waals surface area contributed by atoms with Crippen LogP contribution in [-0.4, -0.2) is 35.0 Å². The van der Waals surface area contributed by atoms with Gasteiger partial charge in [0.25, 0.3) is 0 Å². The van der Waals surface area contributed by atoms with E-state index in [0.29, 0.717) is 24.7 Å². The van der Waals surface area contributed by atoms with Crippen molar-refractivity contribution in [1.29, 1.82) is 0 Å². The molecule has 1 aliphatic carbocycles.